The second kappa shape index (κ2) is 14.0. The molecule has 2 aromatic carbocycles. The fourth-order valence-electron chi connectivity index (χ4n) is 2.72. The normalized spacial score (nSPS) is 11.6. The molecular weight excluding hydrogens is 469 g/mol. The van der Waals surface area contributed by atoms with Crippen LogP contribution in [0.15, 0.2) is 57.6 Å². The van der Waals surface area contributed by atoms with Gasteiger partial charge < -0.3 is 27.7 Å². The van der Waals surface area contributed by atoms with Crippen LogP contribution in [0.5, 0.6) is 0 Å². The summed E-state index contributed by atoms with van der Waals surface area (Å²) in [4.78, 5) is 1.88. The van der Waals surface area contributed by atoms with Crippen LogP contribution in [0.4, 0.5) is 17.1 Å². The topological polar surface area (TPSA) is 146 Å². The van der Waals surface area contributed by atoms with Gasteiger partial charge in [-0.25, -0.2) is 8.42 Å². The average molecular weight is 494 g/mol. The number of benzene rings is 2. The zero-order valence-corrected chi connectivity index (χ0v) is 21.5. The minimum Gasteiger partial charge on any atom is -0.423 e. The molecule has 2 rings (SSSR count). The van der Waals surface area contributed by atoms with Gasteiger partial charge in [-0.15, -0.1) is 0 Å². The number of hydrogen-bond acceptors (Lipinski definition) is 11. The molecule has 0 aliphatic carbocycles. The Balaban J connectivity index is 0.00000512. The zero-order valence-electron chi connectivity index (χ0n) is 17.9. The standard InChI is InChI=1S/C19H24N3O7S2.Na/c1-15-14-17(22(8-10-23)9-11-24)4-7-19(15)21-20-16-2-5-18(6-3-16)31(27,28)13-12-29-30(25)26;/h2-7,14,23-24H,8-13H2,1H3;/q-1;+1. The molecule has 0 aliphatic heterocycles. The van der Waals surface area contributed by atoms with E-state index in [0.717, 1.165) is 11.3 Å². The van der Waals surface area contributed by atoms with Crippen molar-refractivity contribution in [3.8, 4) is 0 Å². The van der Waals surface area contributed by atoms with Crippen LogP contribution in [-0.4, -0.2) is 57.3 Å². The maximum atomic E-state index is 12.2. The molecule has 0 saturated heterocycles. The van der Waals surface area contributed by atoms with Gasteiger partial charge in [0.05, 0.1) is 46.2 Å². The van der Waals surface area contributed by atoms with Crippen molar-refractivity contribution < 1.29 is 60.8 Å². The van der Waals surface area contributed by atoms with Crippen molar-refractivity contribution in [3.63, 3.8) is 0 Å². The Morgan fingerprint density at radius 1 is 1.00 bits per heavy atom. The fraction of sp³-hybridized carbons (Fsp3) is 0.368. The summed E-state index contributed by atoms with van der Waals surface area (Å²) in [5.41, 5.74) is 2.76. The van der Waals surface area contributed by atoms with Gasteiger partial charge >= 0.3 is 29.6 Å². The molecule has 2 aromatic rings. The number of aliphatic hydroxyl groups is 2. The van der Waals surface area contributed by atoms with Crippen LogP contribution >= 0.6 is 0 Å². The van der Waals surface area contributed by atoms with Crippen LogP contribution in [-0.2, 0) is 33.4 Å². The van der Waals surface area contributed by atoms with Gasteiger partial charge in [-0.3, -0.25) is 0 Å². The van der Waals surface area contributed by atoms with Crippen molar-refractivity contribution in [1.82, 2.24) is 0 Å². The molecule has 170 valence electrons. The Bertz CT molecular complexity index is 1060. The first-order chi connectivity index (χ1) is 14.8. The minimum atomic E-state index is -3.68. The number of azo groups is 1. The molecule has 10 nitrogen and oxygen atoms in total. The molecule has 0 heterocycles. The van der Waals surface area contributed by atoms with E-state index in [1.165, 1.54) is 24.3 Å². The summed E-state index contributed by atoms with van der Waals surface area (Å²) in [7, 11) is -6.44. The number of sulfone groups is 1. The van der Waals surface area contributed by atoms with Crippen LogP contribution in [0.2, 0.25) is 0 Å². The Morgan fingerprint density at radius 3 is 2.16 bits per heavy atom. The first kappa shape index (κ1) is 28.7. The van der Waals surface area contributed by atoms with E-state index in [1.807, 2.05) is 24.0 Å². The zero-order chi connectivity index (χ0) is 22.9. The smallest absolute Gasteiger partial charge is 0.423 e. The third-order valence-electron chi connectivity index (χ3n) is 4.29. The van der Waals surface area contributed by atoms with Gasteiger partial charge in [0, 0.05) is 25.4 Å². The quantitative estimate of drug-likeness (QED) is 0.222. The van der Waals surface area contributed by atoms with Crippen molar-refractivity contribution in [2.45, 2.75) is 11.8 Å². The van der Waals surface area contributed by atoms with Gasteiger partial charge in [-0.2, -0.15) is 10.2 Å². The number of nitrogens with zero attached hydrogens (tertiary/aromatic N) is 3. The van der Waals surface area contributed by atoms with Gasteiger partial charge in [-0.05, 0) is 55.0 Å². The van der Waals surface area contributed by atoms with Gasteiger partial charge in [0.2, 0.25) is 0 Å². The summed E-state index contributed by atoms with van der Waals surface area (Å²) in [6, 6.07) is 11.2. The van der Waals surface area contributed by atoms with Crippen molar-refractivity contribution in [2.24, 2.45) is 10.2 Å². The number of anilines is 1. The molecular formula is C19H24N3NaO7S2. The fourth-order valence-corrected chi connectivity index (χ4v) is 4.14. The molecule has 0 unspecified atom stereocenters. The van der Waals surface area contributed by atoms with E-state index in [-0.39, 0.29) is 47.7 Å². The minimum absolute atomic E-state index is 0. The van der Waals surface area contributed by atoms with E-state index in [0.29, 0.717) is 24.5 Å². The molecule has 0 saturated carbocycles. The number of aliphatic hydroxyl groups excluding tert-OH is 2. The van der Waals surface area contributed by atoms with E-state index in [4.69, 9.17) is 10.2 Å². The first-order valence-electron chi connectivity index (χ1n) is 9.31. The molecule has 0 spiro atoms. The van der Waals surface area contributed by atoms with E-state index < -0.39 is 33.2 Å². The second-order valence-electron chi connectivity index (χ2n) is 6.44. The predicted molar refractivity (Wildman–Crippen MR) is 115 cm³/mol. The predicted octanol–water partition coefficient (Wildman–Crippen LogP) is -0.780. The molecule has 0 radical (unpaired) electrons. The van der Waals surface area contributed by atoms with E-state index >= 15 is 0 Å². The van der Waals surface area contributed by atoms with Crippen molar-refractivity contribution in [1.29, 1.82) is 0 Å². The molecule has 2 N–H and O–H groups in total. The van der Waals surface area contributed by atoms with Crippen LogP contribution in [0.1, 0.15) is 5.56 Å². The summed E-state index contributed by atoms with van der Waals surface area (Å²) in [6.07, 6.45) is 0. The van der Waals surface area contributed by atoms with Crippen molar-refractivity contribution >= 4 is 37.9 Å². The molecule has 0 amide bonds. The summed E-state index contributed by atoms with van der Waals surface area (Å²) < 4.78 is 49.2. The molecule has 0 atom stereocenters. The van der Waals surface area contributed by atoms with Crippen molar-refractivity contribution in [3.05, 3.63) is 48.0 Å². The van der Waals surface area contributed by atoms with Gasteiger partial charge in [0.25, 0.3) is 0 Å². The average Bonchev–Trinajstić information content (AvgIpc) is 2.72. The second-order valence-corrected chi connectivity index (χ2v) is 9.20. The van der Waals surface area contributed by atoms with Crippen LogP contribution in [0, 0.1) is 6.92 Å². The van der Waals surface area contributed by atoms with Crippen LogP contribution in [0.25, 0.3) is 0 Å². The molecule has 0 aromatic heterocycles. The molecule has 0 aliphatic rings. The summed E-state index contributed by atoms with van der Waals surface area (Å²) in [6.45, 7) is 2.15. The SMILES string of the molecule is Cc1cc(N(CCO)CCO)ccc1N=Nc1ccc(S(=O)(=O)CCO[S-](=O)=O)cc1.[Na+]. The van der Waals surface area contributed by atoms with Crippen LogP contribution < -0.4 is 34.5 Å². The summed E-state index contributed by atoms with van der Waals surface area (Å²) in [5, 5.41) is 26.7. The van der Waals surface area contributed by atoms with Crippen molar-refractivity contribution in [2.75, 3.05) is 43.6 Å². The Morgan fingerprint density at radius 2 is 1.62 bits per heavy atom. The van der Waals surface area contributed by atoms with E-state index in [1.54, 1.807) is 6.07 Å². The van der Waals surface area contributed by atoms with Gasteiger partial charge in [0.15, 0.2) is 9.84 Å². The third-order valence-corrected chi connectivity index (χ3v) is 6.34. The van der Waals surface area contributed by atoms with Gasteiger partial charge in [0.1, 0.15) is 0 Å². The Labute approximate surface area is 211 Å². The van der Waals surface area contributed by atoms with E-state index in [2.05, 4.69) is 14.4 Å². The number of hydrogen-bond donors (Lipinski definition) is 2. The molecule has 13 heteroatoms. The summed E-state index contributed by atoms with van der Waals surface area (Å²) in [5.74, 6) is -0.461. The maximum absolute atomic E-state index is 12.2. The third kappa shape index (κ3) is 8.87. The monoisotopic (exact) mass is 493 g/mol. The maximum Gasteiger partial charge on any atom is 1.00 e. The van der Waals surface area contributed by atoms with Crippen LogP contribution in [0.3, 0.4) is 0 Å². The Kier molecular flexibility index (Phi) is 12.5. The van der Waals surface area contributed by atoms with E-state index in [9.17, 15) is 16.8 Å². The number of rotatable bonds is 12. The summed E-state index contributed by atoms with van der Waals surface area (Å²) >= 11 is 0. The molecule has 32 heavy (non-hydrogen) atoms. The van der Waals surface area contributed by atoms with Gasteiger partial charge in [-0.1, -0.05) is 0 Å². The largest absolute Gasteiger partial charge is 1.00 e. The first-order valence-corrected chi connectivity index (χ1v) is 12.0. The molecule has 0 bridgehead atoms. The Hall–Kier alpha value is -1.38. The molecule has 0 fully saturated rings. The number of aryl methyl sites for hydroxylation is 1.